The molecule has 1 aliphatic heterocycles. The Morgan fingerprint density at radius 2 is 2.53 bits per heavy atom. The molecule has 0 aliphatic carbocycles. The molecule has 0 saturated carbocycles. The van der Waals surface area contributed by atoms with E-state index in [0.29, 0.717) is 19.8 Å². The largest absolute Gasteiger partial charge is 0.377 e. The van der Waals surface area contributed by atoms with E-state index >= 15 is 0 Å². The molecular weight excluding hydrogens is 262 g/mol. The van der Waals surface area contributed by atoms with E-state index in [0.717, 1.165) is 16.4 Å². The van der Waals surface area contributed by atoms with E-state index < -0.39 is 0 Å². The molecule has 1 fully saturated rings. The number of morpholine rings is 1. The normalized spacial score (nSPS) is 19.6. The third kappa shape index (κ3) is 2.41. The van der Waals surface area contributed by atoms with Gasteiger partial charge in [-0.3, -0.25) is 4.79 Å². The number of hydrogen-bond acceptors (Lipinski definition) is 4. The standard InChI is InChI=1S/C13H15N3O2S/c1-9-7-14-12(15-9)10-8-18-5-4-16(10)13(17)11-3-2-6-19-11/h2-3,6-7,10H,4-5,8H2,1H3,(H,14,15)/t10-/m0/s1. The van der Waals surface area contributed by atoms with Crippen LogP contribution in [0.25, 0.3) is 0 Å². The fraction of sp³-hybridized carbons (Fsp3) is 0.385. The smallest absolute Gasteiger partial charge is 0.264 e. The molecule has 1 N–H and O–H groups in total. The molecule has 19 heavy (non-hydrogen) atoms. The van der Waals surface area contributed by atoms with Crippen LogP contribution in [0.5, 0.6) is 0 Å². The number of imidazole rings is 1. The average Bonchev–Trinajstić information content (AvgIpc) is 3.09. The van der Waals surface area contributed by atoms with Crippen LogP contribution in [0.4, 0.5) is 0 Å². The number of carbonyl (C=O) groups excluding carboxylic acids is 1. The Bertz CT molecular complexity index is 564. The molecule has 3 rings (SSSR count). The van der Waals surface area contributed by atoms with E-state index in [4.69, 9.17) is 4.74 Å². The Hall–Kier alpha value is -1.66. The van der Waals surface area contributed by atoms with E-state index in [1.54, 1.807) is 6.20 Å². The highest BCUT2D eigenvalue weighted by Crippen LogP contribution is 2.25. The highest BCUT2D eigenvalue weighted by molar-refractivity contribution is 7.12. The summed E-state index contributed by atoms with van der Waals surface area (Å²) in [7, 11) is 0. The molecule has 1 atom stereocenters. The van der Waals surface area contributed by atoms with Gasteiger partial charge in [0.25, 0.3) is 5.91 Å². The lowest BCUT2D eigenvalue weighted by atomic mass is 10.2. The first-order valence-electron chi connectivity index (χ1n) is 6.19. The van der Waals surface area contributed by atoms with Crippen LogP contribution in [-0.2, 0) is 4.74 Å². The van der Waals surface area contributed by atoms with Crippen LogP contribution in [0, 0.1) is 6.92 Å². The van der Waals surface area contributed by atoms with Gasteiger partial charge in [-0.1, -0.05) is 6.07 Å². The van der Waals surface area contributed by atoms with E-state index in [2.05, 4.69) is 9.97 Å². The second kappa shape index (κ2) is 5.14. The predicted octanol–water partition coefficient (Wildman–Crippen LogP) is 1.99. The van der Waals surface area contributed by atoms with Crippen molar-refractivity contribution < 1.29 is 9.53 Å². The summed E-state index contributed by atoms with van der Waals surface area (Å²) in [6, 6.07) is 3.62. The van der Waals surface area contributed by atoms with Crippen molar-refractivity contribution in [2.75, 3.05) is 19.8 Å². The first kappa shape index (κ1) is 12.4. The topological polar surface area (TPSA) is 58.2 Å². The Morgan fingerprint density at radius 1 is 1.63 bits per heavy atom. The summed E-state index contributed by atoms with van der Waals surface area (Å²) in [5.74, 6) is 0.847. The summed E-state index contributed by atoms with van der Waals surface area (Å²) in [6.07, 6.45) is 1.78. The number of aromatic nitrogens is 2. The first-order valence-corrected chi connectivity index (χ1v) is 7.07. The molecule has 0 aromatic carbocycles. The minimum Gasteiger partial charge on any atom is -0.377 e. The lowest BCUT2D eigenvalue weighted by Crippen LogP contribution is -2.43. The number of nitrogens with zero attached hydrogens (tertiary/aromatic N) is 2. The van der Waals surface area contributed by atoms with Gasteiger partial charge in [-0.15, -0.1) is 11.3 Å². The van der Waals surface area contributed by atoms with Gasteiger partial charge in [0.2, 0.25) is 0 Å². The van der Waals surface area contributed by atoms with Crippen LogP contribution in [-0.4, -0.2) is 40.5 Å². The Balaban J connectivity index is 1.87. The van der Waals surface area contributed by atoms with Gasteiger partial charge < -0.3 is 14.6 Å². The van der Waals surface area contributed by atoms with Crippen LogP contribution >= 0.6 is 11.3 Å². The van der Waals surface area contributed by atoms with Crippen molar-refractivity contribution >= 4 is 17.2 Å². The van der Waals surface area contributed by atoms with E-state index in [1.165, 1.54) is 11.3 Å². The van der Waals surface area contributed by atoms with E-state index in [1.807, 2.05) is 29.3 Å². The lowest BCUT2D eigenvalue weighted by molar-refractivity contribution is -0.00474. The third-order valence-electron chi connectivity index (χ3n) is 3.16. The van der Waals surface area contributed by atoms with Crippen molar-refractivity contribution in [3.05, 3.63) is 40.1 Å². The van der Waals surface area contributed by atoms with Crippen molar-refractivity contribution in [2.45, 2.75) is 13.0 Å². The highest BCUT2D eigenvalue weighted by Gasteiger charge is 2.31. The number of aryl methyl sites for hydroxylation is 1. The van der Waals surface area contributed by atoms with Gasteiger partial charge >= 0.3 is 0 Å². The number of nitrogens with one attached hydrogen (secondary N) is 1. The maximum absolute atomic E-state index is 12.5. The molecule has 1 aliphatic rings. The van der Waals surface area contributed by atoms with Crippen LogP contribution < -0.4 is 0 Å². The summed E-state index contributed by atoms with van der Waals surface area (Å²) < 4.78 is 5.49. The van der Waals surface area contributed by atoms with Crippen LogP contribution in [0.15, 0.2) is 23.7 Å². The van der Waals surface area contributed by atoms with Gasteiger partial charge in [-0.25, -0.2) is 4.98 Å². The Morgan fingerprint density at radius 3 is 3.21 bits per heavy atom. The first-order chi connectivity index (χ1) is 9.25. The maximum Gasteiger partial charge on any atom is 0.264 e. The molecule has 5 nitrogen and oxygen atoms in total. The summed E-state index contributed by atoms with van der Waals surface area (Å²) in [6.45, 7) is 3.62. The number of carbonyl (C=O) groups is 1. The molecular formula is C13H15N3O2S. The summed E-state index contributed by atoms with van der Waals surface area (Å²) >= 11 is 1.46. The molecule has 2 aromatic rings. The lowest BCUT2D eigenvalue weighted by Gasteiger charge is -2.34. The molecule has 1 saturated heterocycles. The third-order valence-corrected chi connectivity index (χ3v) is 4.02. The molecule has 0 spiro atoms. The second-order valence-corrected chi connectivity index (χ2v) is 5.47. The number of rotatable bonds is 2. The van der Waals surface area contributed by atoms with Gasteiger partial charge in [0, 0.05) is 18.4 Å². The van der Waals surface area contributed by atoms with Crippen molar-refractivity contribution in [3.8, 4) is 0 Å². The van der Waals surface area contributed by atoms with Gasteiger partial charge in [0.1, 0.15) is 11.9 Å². The number of amides is 1. The quantitative estimate of drug-likeness (QED) is 0.913. The number of ether oxygens (including phenoxy) is 1. The number of hydrogen-bond donors (Lipinski definition) is 1. The molecule has 0 bridgehead atoms. The second-order valence-electron chi connectivity index (χ2n) is 4.52. The highest BCUT2D eigenvalue weighted by atomic mass is 32.1. The van der Waals surface area contributed by atoms with E-state index in [-0.39, 0.29) is 11.9 Å². The fourth-order valence-electron chi connectivity index (χ4n) is 2.22. The minimum absolute atomic E-state index is 0.0531. The van der Waals surface area contributed by atoms with Gasteiger partial charge in [0.15, 0.2) is 0 Å². The fourth-order valence-corrected chi connectivity index (χ4v) is 2.90. The van der Waals surface area contributed by atoms with Crippen LogP contribution in [0.2, 0.25) is 0 Å². The Kier molecular flexibility index (Phi) is 3.35. The van der Waals surface area contributed by atoms with Gasteiger partial charge in [0.05, 0.1) is 18.1 Å². The predicted molar refractivity (Wildman–Crippen MR) is 72.2 cm³/mol. The summed E-state index contributed by atoms with van der Waals surface area (Å²) in [5.41, 5.74) is 0.990. The molecule has 0 unspecified atom stereocenters. The van der Waals surface area contributed by atoms with Crippen molar-refractivity contribution in [1.82, 2.24) is 14.9 Å². The van der Waals surface area contributed by atoms with Crippen molar-refractivity contribution in [2.24, 2.45) is 0 Å². The summed E-state index contributed by atoms with van der Waals surface area (Å²) in [5, 5.41) is 1.92. The van der Waals surface area contributed by atoms with Crippen molar-refractivity contribution in [3.63, 3.8) is 0 Å². The molecule has 0 radical (unpaired) electrons. The van der Waals surface area contributed by atoms with E-state index in [9.17, 15) is 4.79 Å². The van der Waals surface area contributed by atoms with Gasteiger partial charge in [-0.2, -0.15) is 0 Å². The zero-order chi connectivity index (χ0) is 13.2. The zero-order valence-corrected chi connectivity index (χ0v) is 11.4. The molecule has 1 amide bonds. The molecule has 6 heteroatoms. The van der Waals surface area contributed by atoms with Gasteiger partial charge in [-0.05, 0) is 18.4 Å². The Labute approximate surface area is 115 Å². The zero-order valence-electron chi connectivity index (χ0n) is 10.6. The minimum atomic E-state index is -0.128. The molecule has 100 valence electrons. The monoisotopic (exact) mass is 277 g/mol. The van der Waals surface area contributed by atoms with Crippen LogP contribution in [0.3, 0.4) is 0 Å². The summed E-state index contributed by atoms with van der Waals surface area (Å²) in [4.78, 5) is 22.6. The number of aromatic amines is 1. The SMILES string of the molecule is Cc1cnc([C@@H]2COCCN2C(=O)c2cccs2)[nH]1. The average molecular weight is 277 g/mol. The maximum atomic E-state index is 12.5. The number of thiophene rings is 1. The molecule has 2 aromatic heterocycles. The van der Waals surface area contributed by atoms with Crippen LogP contribution in [0.1, 0.15) is 27.2 Å². The molecule has 3 heterocycles. The van der Waals surface area contributed by atoms with Crippen molar-refractivity contribution in [1.29, 1.82) is 0 Å². The number of H-pyrrole nitrogens is 1.